The number of urea groups is 1. The van der Waals surface area contributed by atoms with E-state index < -0.39 is 16.1 Å². The van der Waals surface area contributed by atoms with Crippen LogP contribution in [-0.4, -0.2) is 14.4 Å². The zero-order chi connectivity index (χ0) is 23.3. The Bertz CT molecular complexity index is 1350. The molecule has 0 aliphatic heterocycles. The molecule has 168 valence electrons. The summed E-state index contributed by atoms with van der Waals surface area (Å²) < 4.78 is 34.2. The predicted octanol–water partition coefficient (Wildman–Crippen LogP) is 5.38. The Morgan fingerprint density at radius 2 is 1.48 bits per heavy atom. The Kier molecular flexibility index (Phi) is 6.46. The molecule has 0 aliphatic rings. The van der Waals surface area contributed by atoms with Gasteiger partial charge in [0.05, 0.1) is 11.4 Å². The van der Waals surface area contributed by atoms with Gasteiger partial charge in [0.25, 0.3) is 10.0 Å². The summed E-state index contributed by atoms with van der Waals surface area (Å²) >= 11 is 0. The number of rotatable bonds is 7. The topological polar surface area (TPSA) is 100 Å². The summed E-state index contributed by atoms with van der Waals surface area (Å²) in [6, 6.07) is 25.9. The number of benzene rings is 3. The van der Waals surface area contributed by atoms with E-state index in [1.807, 2.05) is 43.3 Å². The predicted molar refractivity (Wildman–Crippen MR) is 128 cm³/mol. The third kappa shape index (κ3) is 5.61. The van der Waals surface area contributed by atoms with Crippen LogP contribution in [-0.2, 0) is 16.6 Å². The molecule has 0 unspecified atom stereocenters. The second-order valence-corrected chi connectivity index (χ2v) is 9.02. The van der Waals surface area contributed by atoms with Gasteiger partial charge in [-0.15, -0.1) is 0 Å². The van der Waals surface area contributed by atoms with E-state index in [1.165, 1.54) is 0 Å². The highest BCUT2D eigenvalue weighted by Gasteiger charge is 2.19. The van der Waals surface area contributed by atoms with Crippen LogP contribution in [0.4, 0.5) is 16.2 Å². The molecule has 4 rings (SSSR count). The lowest BCUT2D eigenvalue weighted by Crippen LogP contribution is -2.27. The Morgan fingerprint density at radius 1 is 0.818 bits per heavy atom. The highest BCUT2D eigenvalue weighted by atomic mass is 32.2. The number of anilines is 2. The van der Waals surface area contributed by atoms with Crippen molar-refractivity contribution in [3.05, 3.63) is 103 Å². The molecule has 0 radical (unpaired) electrons. The smallest absolute Gasteiger partial charge is 0.319 e. The van der Waals surface area contributed by atoms with Crippen molar-refractivity contribution in [3.63, 3.8) is 0 Å². The molecular weight excluding hydrogens is 438 g/mol. The van der Waals surface area contributed by atoms with Crippen molar-refractivity contribution < 1.29 is 17.6 Å². The van der Waals surface area contributed by atoms with Gasteiger partial charge >= 0.3 is 6.03 Å². The molecule has 1 heterocycles. The van der Waals surface area contributed by atoms with Gasteiger partial charge in [0, 0.05) is 16.9 Å². The molecule has 0 spiro atoms. The third-order valence-corrected chi connectivity index (χ3v) is 6.32. The van der Waals surface area contributed by atoms with E-state index >= 15 is 0 Å². The number of carbonyl (C=O) groups is 1. The minimum atomic E-state index is -3.83. The fourth-order valence-electron chi connectivity index (χ4n) is 3.31. The van der Waals surface area contributed by atoms with Gasteiger partial charge in [0.2, 0.25) is 0 Å². The van der Waals surface area contributed by atoms with Crippen LogP contribution in [0, 0.1) is 6.92 Å². The number of sulfonamides is 1. The average molecular weight is 462 g/mol. The van der Waals surface area contributed by atoms with Gasteiger partial charge in [-0.1, -0.05) is 48.5 Å². The first-order chi connectivity index (χ1) is 15.9. The maximum absolute atomic E-state index is 13.1. The van der Waals surface area contributed by atoms with Gasteiger partial charge in [0.15, 0.2) is 0 Å². The number of nitrogens with one attached hydrogen (secondary N) is 3. The van der Waals surface area contributed by atoms with E-state index in [-0.39, 0.29) is 11.4 Å². The first kappa shape index (κ1) is 22.2. The van der Waals surface area contributed by atoms with Crippen LogP contribution in [0.5, 0.6) is 0 Å². The molecule has 1 aromatic heterocycles. The van der Waals surface area contributed by atoms with Crippen molar-refractivity contribution in [2.75, 3.05) is 10.0 Å². The molecule has 2 amide bonds. The standard InChI is InChI=1S/C25H23N3O4S/c1-18-11-16-22(32-18)17-26-25(29)27-20-12-14-21(15-13-20)28-33(30,31)24-10-6-5-9-23(24)19-7-3-2-4-8-19/h2-16,28H,17H2,1H3,(H2,26,27,29). The summed E-state index contributed by atoms with van der Waals surface area (Å²) in [5.41, 5.74) is 2.34. The molecule has 0 saturated heterocycles. The summed E-state index contributed by atoms with van der Waals surface area (Å²) in [6.07, 6.45) is 0. The number of amides is 2. The average Bonchev–Trinajstić information content (AvgIpc) is 3.24. The van der Waals surface area contributed by atoms with Gasteiger partial charge in [-0.2, -0.15) is 0 Å². The van der Waals surface area contributed by atoms with E-state index in [0.29, 0.717) is 22.7 Å². The van der Waals surface area contributed by atoms with Crippen molar-refractivity contribution >= 4 is 27.4 Å². The second-order valence-electron chi connectivity index (χ2n) is 7.37. The van der Waals surface area contributed by atoms with Crippen LogP contribution in [0.25, 0.3) is 11.1 Å². The lowest BCUT2D eigenvalue weighted by atomic mass is 10.1. The SMILES string of the molecule is Cc1ccc(CNC(=O)Nc2ccc(NS(=O)(=O)c3ccccc3-c3ccccc3)cc2)o1. The molecule has 0 fully saturated rings. The summed E-state index contributed by atoms with van der Waals surface area (Å²) in [7, 11) is -3.83. The minimum absolute atomic E-state index is 0.186. The molecule has 0 aliphatic carbocycles. The first-order valence-electron chi connectivity index (χ1n) is 10.3. The lowest BCUT2D eigenvalue weighted by Gasteiger charge is -2.13. The minimum Gasteiger partial charge on any atom is -0.465 e. The molecule has 8 heteroatoms. The Morgan fingerprint density at radius 3 is 2.18 bits per heavy atom. The van der Waals surface area contributed by atoms with E-state index in [1.54, 1.807) is 54.6 Å². The summed E-state index contributed by atoms with van der Waals surface area (Å²) in [6.45, 7) is 2.10. The number of hydrogen-bond donors (Lipinski definition) is 3. The zero-order valence-electron chi connectivity index (χ0n) is 17.9. The van der Waals surface area contributed by atoms with E-state index in [4.69, 9.17) is 4.42 Å². The number of hydrogen-bond acceptors (Lipinski definition) is 4. The monoisotopic (exact) mass is 461 g/mol. The maximum atomic E-state index is 13.1. The maximum Gasteiger partial charge on any atom is 0.319 e. The third-order valence-electron chi connectivity index (χ3n) is 4.88. The molecule has 4 aromatic rings. The first-order valence-corrected chi connectivity index (χ1v) is 11.8. The molecule has 0 bridgehead atoms. The van der Waals surface area contributed by atoms with Crippen LogP contribution in [0.1, 0.15) is 11.5 Å². The van der Waals surface area contributed by atoms with E-state index in [2.05, 4.69) is 15.4 Å². The summed E-state index contributed by atoms with van der Waals surface area (Å²) in [5, 5.41) is 5.40. The summed E-state index contributed by atoms with van der Waals surface area (Å²) in [5.74, 6) is 1.43. The van der Waals surface area contributed by atoms with Crippen LogP contribution in [0.15, 0.2) is 100 Å². The van der Waals surface area contributed by atoms with Gasteiger partial charge in [-0.25, -0.2) is 13.2 Å². The normalized spacial score (nSPS) is 11.1. The van der Waals surface area contributed by atoms with Crippen LogP contribution < -0.4 is 15.4 Å². The van der Waals surface area contributed by atoms with Crippen LogP contribution >= 0.6 is 0 Å². The lowest BCUT2D eigenvalue weighted by molar-refractivity contribution is 0.250. The molecular formula is C25H23N3O4S. The Balaban J connectivity index is 1.42. The Labute approximate surface area is 192 Å². The molecule has 0 atom stereocenters. The molecule has 0 saturated carbocycles. The second kappa shape index (κ2) is 9.62. The zero-order valence-corrected chi connectivity index (χ0v) is 18.7. The highest BCUT2D eigenvalue weighted by Crippen LogP contribution is 2.28. The molecule has 3 N–H and O–H groups in total. The van der Waals surface area contributed by atoms with E-state index in [0.717, 1.165) is 11.3 Å². The number of carbonyl (C=O) groups excluding carboxylic acids is 1. The van der Waals surface area contributed by atoms with Crippen molar-refractivity contribution in [3.8, 4) is 11.1 Å². The van der Waals surface area contributed by atoms with Gasteiger partial charge in [-0.05, 0) is 55.0 Å². The highest BCUT2D eigenvalue weighted by molar-refractivity contribution is 7.92. The molecule has 3 aromatic carbocycles. The number of furan rings is 1. The van der Waals surface area contributed by atoms with Gasteiger partial charge < -0.3 is 15.1 Å². The molecule has 33 heavy (non-hydrogen) atoms. The Hall–Kier alpha value is -4.04. The van der Waals surface area contributed by atoms with Crippen molar-refractivity contribution in [1.29, 1.82) is 0 Å². The van der Waals surface area contributed by atoms with Crippen molar-refractivity contribution in [2.45, 2.75) is 18.4 Å². The quantitative estimate of drug-likeness (QED) is 0.344. The molecule has 7 nitrogen and oxygen atoms in total. The summed E-state index contributed by atoms with van der Waals surface area (Å²) in [4.78, 5) is 12.3. The number of aryl methyl sites for hydroxylation is 1. The largest absolute Gasteiger partial charge is 0.465 e. The van der Waals surface area contributed by atoms with Gasteiger partial charge in [0.1, 0.15) is 11.5 Å². The fourth-order valence-corrected chi connectivity index (χ4v) is 4.60. The fraction of sp³-hybridized carbons (Fsp3) is 0.0800. The van der Waals surface area contributed by atoms with Crippen LogP contribution in [0.3, 0.4) is 0 Å². The van der Waals surface area contributed by atoms with Crippen LogP contribution in [0.2, 0.25) is 0 Å². The van der Waals surface area contributed by atoms with E-state index in [9.17, 15) is 13.2 Å². The van der Waals surface area contributed by atoms with Crippen molar-refractivity contribution in [2.24, 2.45) is 0 Å². The van der Waals surface area contributed by atoms with Crippen molar-refractivity contribution in [1.82, 2.24) is 5.32 Å². The van der Waals surface area contributed by atoms with Gasteiger partial charge in [-0.3, -0.25) is 4.72 Å².